The maximum atomic E-state index is 15.6. The van der Waals surface area contributed by atoms with Gasteiger partial charge in [0.1, 0.15) is 11.6 Å². The van der Waals surface area contributed by atoms with E-state index in [-0.39, 0.29) is 5.56 Å². The molecular formula is C52H30F2S. The Morgan fingerprint density at radius 2 is 0.691 bits per heavy atom. The first kappa shape index (κ1) is 31.8. The Balaban J connectivity index is 1.24. The molecule has 0 aliphatic carbocycles. The monoisotopic (exact) mass is 724 g/mol. The fraction of sp³-hybridized carbons (Fsp3) is 0. The zero-order valence-electron chi connectivity index (χ0n) is 29.5. The van der Waals surface area contributed by atoms with Gasteiger partial charge in [0, 0.05) is 31.3 Å². The van der Waals surface area contributed by atoms with E-state index in [0.717, 1.165) is 32.7 Å². The molecule has 0 aliphatic heterocycles. The summed E-state index contributed by atoms with van der Waals surface area (Å²) in [5.74, 6) is -1.14. The molecule has 1 aromatic heterocycles. The first-order valence-corrected chi connectivity index (χ1v) is 19.3. The van der Waals surface area contributed by atoms with Gasteiger partial charge in [-0.25, -0.2) is 8.78 Å². The number of benzene rings is 10. The van der Waals surface area contributed by atoms with Gasteiger partial charge in [-0.1, -0.05) is 164 Å². The van der Waals surface area contributed by atoms with Crippen LogP contribution in [0.25, 0.3) is 108 Å². The van der Waals surface area contributed by atoms with Crippen molar-refractivity contribution in [2.24, 2.45) is 0 Å². The van der Waals surface area contributed by atoms with E-state index in [1.807, 2.05) is 47.7 Å². The predicted molar refractivity (Wildman–Crippen MR) is 231 cm³/mol. The summed E-state index contributed by atoms with van der Waals surface area (Å²) in [6.45, 7) is 0. The molecule has 0 nitrogen and oxygen atoms in total. The maximum Gasteiger partial charge on any atom is 0.134 e. The van der Waals surface area contributed by atoms with Crippen LogP contribution < -0.4 is 0 Å². The Kier molecular flexibility index (Phi) is 7.20. The number of thiophene rings is 1. The number of rotatable bonds is 4. The Hall–Kier alpha value is -6.68. The highest BCUT2D eigenvalue weighted by atomic mass is 32.1. The quantitative estimate of drug-likeness (QED) is 0.159. The van der Waals surface area contributed by atoms with Gasteiger partial charge in [0.15, 0.2) is 0 Å². The molecular weight excluding hydrogens is 695 g/mol. The first-order valence-electron chi connectivity index (χ1n) is 18.5. The second-order valence-electron chi connectivity index (χ2n) is 14.1. The minimum absolute atomic E-state index is 0.00280. The lowest BCUT2D eigenvalue weighted by Crippen LogP contribution is -1.95. The number of hydrogen-bond donors (Lipinski definition) is 0. The lowest BCUT2D eigenvalue weighted by Gasteiger charge is -2.19. The second-order valence-corrected chi connectivity index (χ2v) is 15.2. The number of fused-ring (bicyclic) bond motifs is 7. The Morgan fingerprint density at radius 1 is 0.291 bits per heavy atom. The van der Waals surface area contributed by atoms with Crippen molar-refractivity contribution in [1.82, 2.24) is 0 Å². The van der Waals surface area contributed by atoms with Gasteiger partial charge in [0.2, 0.25) is 0 Å². The summed E-state index contributed by atoms with van der Waals surface area (Å²) in [6.07, 6.45) is 0. The molecule has 0 spiro atoms. The van der Waals surface area contributed by atoms with Crippen molar-refractivity contribution in [1.29, 1.82) is 0 Å². The molecule has 1 heterocycles. The lowest BCUT2D eigenvalue weighted by molar-refractivity contribution is 0.590. The fourth-order valence-corrected chi connectivity index (χ4v) is 10.3. The van der Waals surface area contributed by atoms with Gasteiger partial charge in [-0.05, 0) is 89.1 Å². The average Bonchev–Trinajstić information content (AvgIpc) is 3.62. The molecule has 0 bridgehead atoms. The smallest absolute Gasteiger partial charge is 0.134 e. The first-order chi connectivity index (χ1) is 27.2. The van der Waals surface area contributed by atoms with Crippen LogP contribution in [0.2, 0.25) is 0 Å². The van der Waals surface area contributed by atoms with Crippen LogP contribution in [-0.4, -0.2) is 0 Å². The third kappa shape index (κ3) is 4.73. The molecule has 0 saturated carbocycles. The highest BCUT2D eigenvalue weighted by molar-refractivity contribution is 7.26. The summed E-state index contributed by atoms with van der Waals surface area (Å²) in [7, 11) is 0. The van der Waals surface area contributed by atoms with E-state index in [1.165, 1.54) is 82.2 Å². The Bertz CT molecular complexity index is 3210. The van der Waals surface area contributed by atoms with Crippen LogP contribution in [0.4, 0.5) is 8.78 Å². The molecule has 0 fully saturated rings. The van der Waals surface area contributed by atoms with E-state index in [0.29, 0.717) is 5.56 Å². The van der Waals surface area contributed by atoms with Crippen molar-refractivity contribution < 1.29 is 8.78 Å². The van der Waals surface area contributed by atoms with Crippen LogP contribution in [0.1, 0.15) is 0 Å². The van der Waals surface area contributed by atoms with Gasteiger partial charge >= 0.3 is 0 Å². The molecule has 258 valence electrons. The molecule has 0 saturated heterocycles. The van der Waals surface area contributed by atoms with Gasteiger partial charge in [0.25, 0.3) is 0 Å². The van der Waals surface area contributed by atoms with Crippen molar-refractivity contribution in [2.45, 2.75) is 0 Å². The molecule has 55 heavy (non-hydrogen) atoms. The van der Waals surface area contributed by atoms with Gasteiger partial charge in [-0.2, -0.15) is 0 Å². The third-order valence-electron chi connectivity index (χ3n) is 11.2. The Labute approximate surface area is 320 Å². The topological polar surface area (TPSA) is 0 Å². The SMILES string of the molecule is Fc1cccc(F)c1-c1c2ccccc2c(-c2cccc3sc4c(-c5c6ccccc6c(-c6ccccc6)c6ccccc56)cccc4c23)c2ccccc12. The van der Waals surface area contributed by atoms with Gasteiger partial charge in [0.05, 0.1) is 5.56 Å². The summed E-state index contributed by atoms with van der Waals surface area (Å²) in [4.78, 5) is 0. The normalized spacial score (nSPS) is 11.8. The molecule has 11 aromatic rings. The Morgan fingerprint density at radius 3 is 1.24 bits per heavy atom. The summed E-state index contributed by atoms with van der Waals surface area (Å²) in [5.41, 5.74) is 7.63. The van der Waals surface area contributed by atoms with E-state index in [4.69, 9.17) is 0 Å². The van der Waals surface area contributed by atoms with Gasteiger partial charge in [-0.3, -0.25) is 0 Å². The summed E-state index contributed by atoms with van der Waals surface area (Å²) in [6, 6.07) is 61.8. The minimum Gasteiger partial charge on any atom is -0.206 e. The molecule has 0 aliphatic rings. The largest absolute Gasteiger partial charge is 0.206 e. The highest BCUT2D eigenvalue weighted by Gasteiger charge is 2.24. The van der Waals surface area contributed by atoms with E-state index in [1.54, 1.807) is 0 Å². The summed E-state index contributed by atoms with van der Waals surface area (Å²) < 4.78 is 33.6. The minimum atomic E-state index is -0.571. The van der Waals surface area contributed by atoms with Crippen LogP contribution in [-0.2, 0) is 0 Å². The van der Waals surface area contributed by atoms with Gasteiger partial charge in [-0.15, -0.1) is 11.3 Å². The van der Waals surface area contributed by atoms with Crippen LogP contribution in [0.3, 0.4) is 0 Å². The molecule has 10 aromatic carbocycles. The molecule has 11 rings (SSSR count). The molecule has 0 atom stereocenters. The summed E-state index contributed by atoms with van der Waals surface area (Å²) in [5, 5.41) is 10.8. The number of hydrogen-bond acceptors (Lipinski definition) is 1. The average molecular weight is 725 g/mol. The maximum absolute atomic E-state index is 15.6. The van der Waals surface area contributed by atoms with E-state index in [2.05, 4.69) is 127 Å². The third-order valence-corrected chi connectivity index (χ3v) is 12.4. The van der Waals surface area contributed by atoms with Crippen molar-refractivity contribution in [2.75, 3.05) is 0 Å². The molecule has 0 radical (unpaired) electrons. The predicted octanol–water partition coefficient (Wildman–Crippen LogP) is 15.6. The molecule has 3 heteroatoms. The van der Waals surface area contributed by atoms with Crippen LogP contribution in [0.15, 0.2) is 182 Å². The molecule has 0 unspecified atom stereocenters. The second kappa shape index (κ2) is 12.4. The summed E-state index contributed by atoms with van der Waals surface area (Å²) >= 11 is 1.83. The van der Waals surface area contributed by atoms with Crippen molar-refractivity contribution in [3.63, 3.8) is 0 Å². The van der Waals surface area contributed by atoms with E-state index >= 15 is 8.78 Å². The van der Waals surface area contributed by atoms with Crippen molar-refractivity contribution in [3.8, 4) is 44.5 Å². The number of halogens is 2. The van der Waals surface area contributed by atoms with Crippen LogP contribution in [0, 0.1) is 11.6 Å². The molecule has 0 N–H and O–H groups in total. The fourth-order valence-electron chi connectivity index (χ4n) is 9.01. The van der Waals surface area contributed by atoms with Crippen LogP contribution in [0.5, 0.6) is 0 Å². The van der Waals surface area contributed by atoms with Crippen LogP contribution >= 0.6 is 11.3 Å². The van der Waals surface area contributed by atoms with E-state index < -0.39 is 11.6 Å². The zero-order valence-corrected chi connectivity index (χ0v) is 30.3. The standard InChI is InChI=1S/C52H30F2S/c53-43-28-14-29-44(54)51(43)50-38-23-10-8-21-36(38)47(37-22-9-11-24-39(37)50)40-25-13-30-45-49(40)42-27-12-26-41(52(42)55-45)48-34-19-6-4-17-32(34)46(31-15-2-1-3-16-31)33-18-5-7-20-35(33)48/h1-30H. The van der Waals surface area contributed by atoms with Crippen molar-refractivity contribution >= 4 is 74.6 Å². The van der Waals surface area contributed by atoms with Gasteiger partial charge < -0.3 is 0 Å². The van der Waals surface area contributed by atoms with Crippen molar-refractivity contribution in [3.05, 3.63) is 194 Å². The lowest BCUT2D eigenvalue weighted by atomic mass is 9.84. The highest BCUT2D eigenvalue weighted by Crippen LogP contribution is 2.51. The van der Waals surface area contributed by atoms with E-state index in [9.17, 15) is 0 Å². The zero-order chi connectivity index (χ0) is 36.6. The molecule has 0 amide bonds.